The molecule has 0 radical (unpaired) electrons. The Labute approximate surface area is 159 Å². The zero-order chi connectivity index (χ0) is 18.6. The molecule has 0 bridgehead atoms. The van der Waals surface area contributed by atoms with Gasteiger partial charge in [-0.15, -0.1) is 0 Å². The molecule has 138 valence electrons. The van der Waals surface area contributed by atoms with E-state index in [0.29, 0.717) is 13.2 Å². The fourth-order valence-electron chi connectivity index (χ4n) is 3.50. The summed E-state index contributed by atoms with van der Waals surface area (Å²) in [4.78, 5) is 14.6. The van der Waals surface area contributed by atoms with Crippen LogP contribution < -0.4 is 4.74 Å². The molecule has 0 saturated carbocycles. The van der Waals surface area contributed by atoms with Crippen LogP contribution >= 0.6 is 0 Å². The topological polar surface area (TPSA) is 47.4 Å². The number of aromatic nitrogens is 2. The average Bonchev–Trinajstić information content (AvgIpc) is 3.14. The average molecular weight is 361 g/mol. The third-order valence-electron chi connectivity index (χ3n) is 4.90. The van der Waals surface area contributed by atoms with Gasteiger partial charge in [0.2, 0.25) is 5.91 Å². The second-order valence-electron chi connectivity index (χ2n) is 7.05. The maximum Gasteiger partial charge on any atom is 0.229 e. The van der Waals surface area contributed by atoms with Gasteiger partial charge in [-0.25, -0.2) is 0 Å². The molecule has 27 heavy (non-hydrogen) atoms. The Morgan fingerprint density at radius 2 is 1.93 bits per heavy atom. The molecular formula is C22H23N3O2. The number of benzene rings is 2. The zero-order valence-electron chi connectivity index (χ0n) is 15.4. The van der Waals surface area contributed by atoms with Gasteiger partial charge >= 0.3 is 0 Å². The summed E-state index contributed by atoms with van der Waals surface area (Å²) in [5.74, 6) is 0.871. The Bertz CT molecular complexity index is 920. The highest BCUT2D eigenvalue weighted by atomic mass is 16.5. The lowest BCUT2D eigenvalue weighted by atomic mass is 9.95. The quantitative estimate of drug-likeness (QED) is 0.701. The van der Waals surface area contributed by atoms with Crippen molar-refractivity contribution in [2.75, 3.05) is 13.7 Å². The number of para-hydroxylation sites is 1. The second kappa shape index (κ2) is 7.66. The zero-order valence-corrected chi connectivity index (χ0v) is 15.4. The fraction of sp³-hybridized carbons (Fsp3) is 0.273. The van der Waals surface area contributed by atoms with Crippen LogP contribution in [0.25, 0.3) is 0 Å². The lowest BCUT2D eigenvalue weighted by Gasteiger charge is -2.28. The lowest BCUT2D eigenvalue weighted by molar-refractivity contribution is -0.136. The first-order valence-corrected chi connectivity index (χ1v) is 9.20. The van der Waals surface area contributed by atoms with Crippen LogP contribution in [0.1, 0.15) is 16.7 Å². The van der Waals surface area contributed by atoms with Gasteiger partial charge in [-0.1, -0.05) is 48.5 Å². The maximum absolute atomic E-state index is 12.8. The molecule has 4 rings (SSSR count). The first-order valence-electron chi connectivity index (χ1n) is 9.20. The van der Waals surface area contributed by atoms with Crippen LogP contribution in [-0.4, -0.2) is 34.2 Å². The fourth-order valence-corrected chi connectivity index (χ4v) is 3.50. The minimum atomic E-state index is -0.135. The third kappa shape index (κ3) is 4.03. The van der Waals surface area contributed by atoms with E-state index in [1.165, 1.54) is 5.56 Å². The molecule has 1 unspecified atom stereocenters. The predicted octanol–water partition coefficient (Wildman–Crippen LogP) is 3.14. The van der Waals surface area contributed by atoms with Gasteiger partial charge in [-0.2, -0.15) is 5.10 Å². The highest BCUT2D eigenvalue weighted by Crippen LogP contribution is 2.27. The van der Waals surface area contributed by atoms with E-state index >= 15 is 0 Å². The van der Waals surface area contributed by atoms with Crippen molar-refractivity contribution >= 4 is 5.91 Å². The van der Waals surface area contributed by atoms with Crippen molar-refractivity contribution < 1.29 is 9.53 Å². The van der Waals surface area contributed by atoms with E-state index in [1.54, 1.807) is 4.90 Å². The normalized spacial score (nSPS) is 15.7. The van der Waals surface area contributed by atoms with Crippen molar-refractivity contribution in [3.05, 3.63) is 83.7 Å². The van der Waals surface area contributed by atoms with Gasteiger partial charge in [0.1, 0.15) is 12.4 Å². The van der Waals surface area contributed by atoms with Crippen LogP contribution in [0.3, 0.4) is 0 Å². The third-order valence-corrected chi connectivity index (χ3v) is 4.90. The van der Waals surface area contributed by atoms with Crippen molar-refractivity contribution in [1.82, 2.24) is 14.7 Å². The molecule has 2 heterocycles. The summed E-state index contributed by atoms with van der Waals surface area (Å²) >= 11 is 0. The van der Waals surface area contributed by atoms with Gasteiger partial charge < -0.3 is 9.64 Å². The van der Waals surface area contributed by atoms with Crippen molar-refractivity contribution in [2.24, 2.45) is 5.92 Å². The van der Waals surface area contributed by atoms with Gasteiger partial charge in [0.05, 0.1) is 18.7 Å². The van der Waals surface area contributed by atoms with E-state index in [-0.39, 0.29) is 11.8 Å². The van der Waals surface area contributed by atoms with E-state index in [2.05, 4.69) is 17.2 Å². The summed E-state index contributed by atoms with van der Waals surface area (Å²) in [6.07, 6.45) is 4.56. The van der Waals surface area contributed by atoms with Crippen molar-refractivity contribution in [1.29, 1.82) is 0 Å². The van der Waals surface area contributed by atoms with Gasteiger partial charge in [-0.05, 0) is 23.6 Å². The van der Waals surface area contributed by atoms with Gasteiger partial charge in [0, 0.05) is 25.4 Å². The Kier molecular flexibility index (Phi) is 4.92. The maximum atomic E-state index is 12.8. The molecule has 0 spiro atoms. The first kappa shape index (κ1) is 17.3. The molecular weight excluding hydrogens is 338 g/mol. The number of hydrogen-bond donors (Lipinski definition) is 0. The number of fused-ring (bicyclic) bond motifs is 1. The molecule has 1 aromatic heterocycles. The molecule has 1 aliphatic rings. The number of carbonyl (C=O) groups is 1. The molecule has 0 saturated heterocycles. The van der Waals surface area contributed by atoms with Crippen molar-refractivity contribution in [2.45, 2.75) is 19.5 Å². The Morgan fingerprint density at radius 3 is 2.78 bits per heavy atom. The Balaban J connectivity index is 1.36. The predicted molar refractivity (Wildman–Crippen MR) is 103 cm³/mol. The summed E-state index contributed by atoms with van der Waals surface area (Å²) in [7, 11) is 1.84. The van der Waals surface area contributed by atoms with Crippen LogP contribution in [-0.2, 0) is 24.3 Å². The number of amides is 1. The minimum Gasteiger partial charge on any atom is -0.492 e. The summed E-state index contributed by atoms with van der Waals surface area (Å²) < 4.78 is 7.67. The smallest absolute Gasteiger partial charge is 0.229 e. The molecule has 2 aromatic carbocycles. The molecule has 5 nitrogen and oxygen atoms in total. The van der Waals surface area contributed by atoms with Crippen molar-refractivity contribution in [3.63, 3.8) is 0 Å². The van der Waals surface area contributed by atoms with Crippen LogP contribution in [0.4, 0.5) is 0 Å². The Morgan fingerprint density at radius 1 is 1.15 bits per heavy atom. The molecule has 3 aromatic rings. The minimum absolute atomic E-state index is 0.111. The molecule has 0 fully saturated rings. The van der Waals surface area contributed by atoms with E-state index < -0.39 is 0 Å². The first-order chi connectivity index (χ1) is 13.2. The number of nitrogens with zero attached hydrogens (tertiary/aromatic N) is 3. The largest absolute Gasteiger partial charge is 0.492 e. The van der Waals surface area contributed by atoms with Gasteiger partial charge in [-0.3, -0.25) is 9.48 Å². The molecule has 5 heteroatoms. The number of ether oxygens (including phenoxy) is 1. The molecule has 1 amide bonds. The van der Waals surface area contributed by atoms with Gasteiger partial charge in [0.15, 0.2) is 0 Å². The highest BCUT2D eigenvalue weighted by molar-refractivity contribution is 5.79. The summed E-state index contributed by atoms with van der Waals surface area (Å²) in [5, 5.41) is 4.42. The van der Waals surface area contributed by atoms with Crippen LogP contribution in [0, 0.1) is 5.92 Å². The number of carbonyl (C=O) groups excluding carboxylic acids is 1. The molecule has 1 atom stereocenters. The van der Waals surface area contributed by atoms with E-state index in [4.69, 9.17) is 4.74 Å². The Hall–Kier alpha value is -3.08. The number of hydrogen-bond acceptors (Lipinski definition) is 3. The van der Waals surface area contributed by atoms with Crippen LogP contribution in [0.5, 0.6) is 5.75 Å². The van der Waals surface area contributed by atoms with Crippen LogP contribution in [0.2, 0.25) is 0 Å². The summed E-state index contributed by atoms with van der Waals surface area (Å²) in [6, 6.07) is 18.2. The van der Waals surface area contributed by atoms with E-state index in [0.717, 1.165) is 29.8 Å². The summed E-state index contributed by atoms with van der Waals surface area (Å²) in [6.45, 7) is 1.71. The highest BCUT2D eigenvalue weighted by Gasteiger charge is 2.28. The van der Waals surface area contributed by atoms with E-state index in [9.17, 15) is 4.79 Å². The van der Waals surface area contributed by atoms with E-state index in [1.807, 2.05) is 66.6 Å². The summed E-state index contributed by atoms with van der Waals surface area (Å²) in [5.41, 5.74) is 3.33. The monoisotopic (exact) mass is 361 g/mol. The lowest BCUT2D eigenvalue weighted by Crippen LogP contribution is -2.38. The number of rotatable bonds is 5. The van der Waals surface area contributed by atoms with Crippen LogP contribution in [0.15, 0.2) is 67.0 Å². The van der Waals surface area contributed by atoms with Crippen molar-refractivity contribution in [3.8, 4) is 5.75 Å². The van der Waals surface area contributed by atoms with Gasteiger partial charge in [0.25, 0.3) is 0 Å². The SMILES string of the molecule is CN(Cc1cnn(Cc2ccccc2)c1)C(=O)C1COc2ccccc2C1. The standard InChI is InChI=1S/C22H23N3O2/c1-24(22(26)20-11-19-9-5-6-10-21(19)27-16-20)13-18-12-23-25(15-18)14-17-7-3-2-4-8-17/h2-10,12,15,20H,11,13-14,16H2,1H3. The molecule has 1 aliphatic heterocycles. The molecule has 0 N–H and O–H groups in total. The molecule has 0 aliphatic carbocycles. The second-order valence-corrected chi connectivity index (χ2v) is 7.05.